The minimum Gasteiger partial charge on any atom is -0.351 e. The number of hydrogen-bond acceptors (Lipinski definition) is 2. The normalized spacial score (nSPS) is 22.1. The molecule has 0 saturated carbocycles. The Balaban J connectivity index is 2.11. The molecule has 2 heterocycles. The predicted molar refractivity (Wildman–Crippen MR) is 67.3 cm³/mol. The molecule has 90 valence electrons. The van der Waals surface area contributed by atoms with Crippen LogP contribution in [0.2, 0.25) is 0 Å². The summed E-state index contributed by atoms with van der Waals surface area (Å²) in [7, 11) is 0. The van der Waals surface area contributed by atoms with Crippen LogP contribution in [-0.2, 0) is 5.41 Å². The number of carbonyl (C=O) groups excluding carboxylic acids is 1. The van der Waals surface area contributed by atoms with Crippen LogP contribution < -0.4 is 10.6 Å². The van der Waals surface area contributed by atoms with E-state index in [1.165, 1.54) is 5.56 Å². The number of aryl methyl sites for hydroxylation is 1. The lowest BCUT2D eigenvalue weighted by atomic mass is 9.69. The van der Waals surface area contributed by atoms with Crippen LogP contribution >= 0.6 is 0 Å². The van der Waals surface area contributed by atoms with Crippen molar-refractivity contribution in [2.24, 2.45) is 0 Å². The molecule has 0 bridgehead atoms. The highest BCUT2D eigenvalue weighted by Gasteiger charge is 2.39. The first-order valence-corrected chi connectivity index (χ1v) is 6.31. The molecule has 1 saturated heterocycles. The van der Waals surface area contributed by atoms with Crippen molar-refractivity contribution < 1.29 is 4.79 Å². The van der Waals surface area contributed by atoms with E-state index in [1.807, 2.05) is 13.0 Å². The lowest BCUT2D eigenvalue weighted by Crippen LogP contribution is -2.51. The van der Waals surface area contributed by atoms with Crippen LogP contribution in [0.25, 0.3) is 0 Å². The van der Waals surface area contributed by atoms with Gasteiger partial charge in [-0.25, -0.2) is 0 Å². The Bertz CT molecular complexity index is 461. The molecule has 3 heteroatoms. The van der Waals surface area contributed by atoms with E-state index < -0.39 is 0 Å². The molecular weight excluding hydrogens is 212 g/mol. The Labute approximate surface area is 102 Å². The second-order valence-electron chi connectivity index (χ2n) is 5.26. The van der Waals surface area contributed by atoms with Crippen LogP contribution in [0.3, 0.4) is 0 Å². The lowest BCUT2D eigenvalue weighted by Gasteiger charge is -2.42. The van der Waals surface area contributed by atoms with Crippen molar-refractivity contribution in [2.75, 3.05) is 19.6 Å². The number of rotatable bonds is 0. The molecule has 1 aromatic carbocycles. The van der Waals surface area contributed by atoms with E-state index in [9.17, 15) is 4.79 Å². The summed E-state index contributed by atoms with van der Waals surface area (Å²) in [6.07, 6.45) is 2.23. The average Bonchev–Trinajstić information content (AvgIpc) is 2.36. The fraction of sp³-hybridized carbons (Fsp3) is 0.500. The summed E-state index contributed by atoms with van der Waals surface area (Å²) in [4.78, 5) is 11.9. The summed E-state index contributed by atoms with van der Waals surface area (Å²) in [5.41, 5.74) is 3.47. The van der Waals surface area contributed by atoms with E-state index >= 15 is 0 Å². The second kappa shape index (κ2) is 3.84. The van der Waals surface area contributed by atoms with Crippen LogP contribution in [0.15, 0.2) is 18.2 Å². The van der Waals surface area contributed by atoms with E-state index in [1.54, 1.807) is 0 Å². The Kier molecular flexibility index (Phi) is 2.44. The molecular formula is C14H18N2O. The van der Waals surface area contributed by atoms with Crippen molar-refractivity contribution in [3.63, 3.8) is 0 Å². The van der Waals surface area contributed by atoms with Crippen LogP contribution in [0, 0.1) is 6.92 Å². The quantitative estimate of drug-likeness (QED) is 0.706. The minimum atomic E-state index is 0.0906. The highest BCUT2D eigenvalue weighted by Crippen LogP contribution is 2.37. The van der Waals surface area contributed by atoms with Gasteiger partial charge in [0.15, 0.2) is 0 Å². The minimum absolute atomic E-state index is 0.0906. The molecule has 3 nitrogen and oxygen atoms in total. The monoisotopic (exact) mass is 230 g/mol. The molecule has 0 unspecified atom stereocenters. The van der Waals surface area contributed by atoms with Crippen molar-refractivity contribution in [1.82, 2.24) is 10.6 Å². The maximum Gasteiger partial charge on any atom is 0.251 e. The van der Waals surface area contributed by atoms with Gasteiger partial charge in [-0.2, -0.15) is 0 Å². The summed E-state index contributed by atoms with van der Waals surface area (Å²) in [5.74, 6) is 0.0906. The molecule has 3 rings (SSSR count). The summed E-state index contributed by atoms with van der Waals surface area (Å²) in [5, 5.41) is 6.46. The van der Waals surface area contributed by atoms with Crippen molar-refractivity contribution in [3.8, 4) is 0 Å². The molecule has 2 aliphatic heterocycles. The molecule has 0 aliphatic carbocycles. The number of hydrogen-bond donors (Lipinski definition) is 2. The van der Waals surface area contributed by atoms with Gasteiger partial charge < -0.3 is 10.6 Å². The van der Waals surface area contributed by atoms with E-state index in [0.717, 1.165) is 43.6 Å². The SMILES string of the molecule is Cc1ccc2c(c1)C(=O)NCC21CCNCC1. The fourth-order valence-corrected chi connectivity index (χ4v) is 3.10. The Morgan fingerprint density at radius 1 is 1.24 bits per heavy atom. The first kappa shape index (κ1) is 10.8. The third-order valence-corrected chi connectivity index (χ3v) is 4.14. The zero-order valence-corrected chi connectivity index (χ0v) is 10.2. The second-order valence-corrected chi connectivity index (χ2v) is 5.26. The predicted octanol–water partition coefficient (Wildman–Crippen LogP) is 1.36. The van der Waals surface area contributed by atoms with Gasteiger partial charge in [-0.05, 0) is 44.5 Å². The van der Waals surface area contributed by atoms with Gasteiger partial charge in [0.2, 0.25) is 0 Å². The highest BCUT2D eigenvalue weighted by atomic mass is 16.1. The number of nitrogens with one attached hydrogen (secondary N) is 2. The van der Waals surface area contributed by atoms with Crippen molar-refractivity contribution in [3.05, 3.63) is 34.9 Å². The van der Waals surface area contributed by atoms with Crippen molar-refractivity contribution in [2.45, 2.75) is 25.2 Å². The molecule has 2 N–H and O–H groups in total. The molecule has 17 heavy (non-hydrogen) atoms. The summed E-state index contributed by atoms with van der Waals surface area (Å²) in [6.45, 7) is 4.92. The zero-order chi connectivity index (χ0) is 11.9. The third-order valence-electron chi connectivity index (χ3n) is 4.14. The van der Waals surface area contributed by atoms with Gasteiger partial charge in [-0.3, -0.25) is 4.79 Å². The third kappa shape index (κ3) is 1.65. The van der Waals surface area contributed by atoms with Crippen LogP contribution in [-0.4, -0.2) is 25.5 Å². The molecule has 0 atom stereocenters. The van der Waals surface area contributed by atoms with Crippen molar-refractivity contribution >= 4 is 5.91 Å². The maximum absolute atomic E-state index is 11.9. The largest absolute Gasteiger partial charge is 0.351 e. The Hall–Kier alpha value is -1.35. The standard InChI is InChI=1S/C14H18N2O/c1-10-2-3-12-11(8-10)13(17)16-9-14(12)4-6-15-7-5-14/h2-3,8,15H,4-7,9H2,1H3,(H,16,17). The van der Waals surface area contributed by atoms with Crippen LogP contribution in [0.4, 0.5) is 0 Å². The van der Waals surface area contributed by atoms with E-state index in [2.05, 4.69) is 22.8 Å². The van der Waals surface area contributed by atoms with E-state index in [0.29, 0.717) is 0 Å². The number of carbonyl (C=O) groups is 1. The Morgan fingerprint density at radius 2 is 2.00 bits per heavy atom. The highest BCUT2D eigenvalue weighted by molar-refractivity contribution is 5.97. The van der Waals surface area contributed by atoms with E-state index in [-0.39, 0.29) is 11.3 Å². The Morgan fingerprint density at radius 3 is 2.76 bits per heavy atom. The molecule has 0 radical (unpaired) electrons. The number of fused-ring (bicyclic) bond motifs is 2. The van der Waals surface area contributed by atoms with Crippen LogP contribution in [0.5, 0.6) is 0 Å². The number of benzene rings is 1. The van der Waals surface area contributed by atoms with Gasteiger partial charge >= 0.3 is 0 Å². The fourth-order valence-electron chi connectivity index (χ4n) is 3.10. The summed E-state index contributed by atoms with van der Waals surface area (Å²) < 4.78 is 0. The molecule has 0 aromatic heterocycles. The van der Waals surface area contributed by atoms with Gasteiger partial charge in [0, 0.05) is 17.5 Å². The van der Waals surface area contributed by atoms with E-state index in [4.69, 9.17) is 0 Å². The van der Waals surface area contributed by atoms with Gasteiger partial charge in [-0.15, -0.1) is 0 Å². The molecule has 1 amide bonds. The van der Waals surface area contributed by atoms with Crippen LogP contribution in [0.1, 0.15) is 34.3 Å². The topological polar surface area (TPSA) is 41.1 Å². The molecule has 1 aromatic rings. The zero-order valence-electron chi connectivity index (χ0n) is 10.2. The lowest BCUT2D eigenvalue weighted by molar-refractivity contribution is 0.0914. The van der Waals surface area contributed by atoms with Crippen molar-refractivity contribution in [1.29, 1.82) is 0 Å². The average molecular weight is 230 g/mol. The van der Waals surface area contributed by atoms with Gasteiger partial charge in [-0.1, -0.05) is 17.7 Å². The summed E-state index contributed by atoms with van der Waals surface area (Å²) in [6, 6.07) is 6.31. The summed E-state index contributed by atoms with van der Waals surface area (Å²) >= 11 is 0. The smallest absolute Gasteiger partial charge is 0.251 e. The number of piperidine rings is 1. The van der Waals surface area contributed by atoms with Gasteiger partial charge in [0.05, 0.1) is 0 Å². The molecule has 1 fully saturated rings. The maximum atomic E-state index is 11.9. The first-order chi connectivity index (χ1) is 8.21. The first-order valence-electron chi connectivity index (χ1n) is 6.31. The number of amides is 1. The van der Waals surface area contributed by atoms with Gasteiger partial charge in [0.25, 0.3) is 5.91 Å². The van der Waals surface area contributed by atoms with Gasteiger partial charge in [0.1, 0.15) is 0 Å². The molecule has 1 spiro atoms. The molecule has 2 aliphatic rings.